The zero-order chi connectivity index (χ0) is 15.4. The zero-order valence-corrected chi connectivity index (χ0v) is 13.0. The van der Waals surface area contributed by atoms with Crippen molar-refractivity contribution in [3.8, 4) is 0 Å². The first-order chi connectivity index (χ1) is 10.7. The van der Waals surface area contributed by atoms with Gasteiger partial charge in [0.15, 0.2) is 0 Å². The molecule has 0 spiro atoms. The Morgan fingerprint density at radius 3 is 2.64 bits per heavy atom. The Hall–Kier alpha value is -2.01. The molecule has 1 aliphatic heterocycles. The molecule has 1 aliphatic rings. The Bertz CT molecular complexity index is 604. The number of rotatable bonds is 3. The Balaban J connectivity index is 1.48. The molecule has 0 saturated carbocycles. The van der Waals surface area contributed by atoms with E-state index in [1.54, 1.807) is 18.3 Å². The summed E-state index contributed by atoms with van der Waals surface area (Å²) in [4.78, 5) is 14.1. The van der Waals surface area contributed by atoms with Gasteiger partial charge in [-0.25, -0.2) is 4.79 Å². The summed E-state index contributed by atoms with van der Waals surface area (Å²) in [6.07, 6.45) is 5.80. The van der Waals surface area contributed by atoms with Crippen LogP contribution in [0.15, 0.2) is 42.7 Å². The first-order valence-corrected chi connectivity index (χ1v) is 7.87. The maximum atomic E-state index is 12.2. The molecule has 1 aromatic heterocycles. The number of carbonyl (C=O) groups excluding carboxylic acids is 1. The van der Waals surface area contributed by atoms with Crippen molar-refractivity contribution in [2.75, 3.05) is 18.4 Å². The van der Waals surface area contributed by atoms with Gasteiger partial charge in [0.1, 0.15) is 0 Å². The maximum Gasteiger partial charge on any atom is 0.321 e. The van der Waals surface area contributed by atoms with Crippen molar-refractivity contribution < 1.29 is 4.79 Å². The Kier molecular flexibility index (Phi) is 4.63. The van der Waals surface area contributed by atoms with Crippen molar-refractivity contribution in [3.05, 3.63) is 47.7 Å². The molecule has 2 aromatic rings. The second-order valence-electron chi connectivity index (χ2n) is 5.60. The SMILES string of the molecule is O=C(Nc1ccc(Cl)cc1)N1CCC(Cn2cccn2)CC1. The van der Waals surface area contributed by atoms with Gasteiger partial charge in [-0.3, -0.25) is 4.68 Å². The van der Waals surface area contributed by atoms with E-state index < -0.39 is 0 Å². The summed E-state index contributed by atoms with van der Waals surface area (Å²) >= 11 is 5.84. The van der Waals surface area contributed by atoms with Gasteiger partial charge in [-0.05, 0) is 49.1 Å². The molecule has 0 bridgehead atoms. The van der Waals surface area contributed by atoms with Gasteiger partial charge in [-0.1, -0.05) is 11.6 Å². The number of anilines is 1. The topological polar surface area (TPSA) is 50.2 Å². The molecule has 6 heteroatoms. The van der Waals surface area contributed by atoms with Crippen molar-refractivity contribution in [2.45, 2.75) is 19.4 Å². The Morgan fingerprint density at radius 2 is 2.00 bits per heavy atom. The van der Waals surface area contributed by atoms with E-state index in [0.29, 0.717) is 10.9 Å². The lowest BCUT2D eigenvalue weighted by Gasteiger charge is -2.32. The maximum absolute atomic E-state index is 12.2. The Morgan fingerprint density at radius 1 is 1.27 bits per heavy atom. The molecule has 22 heavy (non-hydrogen) atoms. The molecule has 1 N–H and O–H groups in total. The molecule has 116 valence electrons. The van der Waals surface area contributed by atoms with E-state index in [1.807, 2.05) is 34.0 Å². The number of hydrogen-bond donors (Lipinski definition) is 1. The summed E-state index contributed by atoms with van der Waals surface area (Å²) in [7, 11) is 0. The van der Waals surface area contributed by atoms with E-state index in [1.165, 1.54) is 0 Å². The van der Waals surface area contributed by atoms with Crippen LogP contribution < -0.4 is 5.32 Å². The predicted octanol–water partition coefficient (Wildman–Crippen LogP) is 3.48. The van der Waals surface area contributed by atoms with Crippen LogP contribution in [0.5, 0.6) is 0 Å². The summed E-state index contributed by atoms with van der Waals surface area (Å²) in [5.41, 5.74) is 0.771. The van der Waals surface area contributed by atoms with Gasteiger partial charge in [-0.15, -0.1) is 0 Å². The average Bonchev–Trinajstić information content (AvgIpc) is 3.03. The summed E-state index contributed by atoms with van der Waals surface area (Å²) in [5, 5.41) is 7.81. The highest BCUT2D eigenvalue weighted by Gasteiger charge is 2.23. The van der Waals surface area contributed by atoms with E-state index in [4.69, 9.17) is 11.6 Å². The monoisotopic (exact) mass is 318 g/mol. The largest absolute Gasteiger partial charge is 0.325 e. The minimum Gasteiger partial charge on any atom is -0.325 e. The first-order valence-electron chi connectivity index (χ1n) is 7.49. The predicted molar refractivity (Wildman–Crippen MR) is 87.0 cm³/mol. The molecule has 0 atom stereocenters. The molecule has 3 rings (SSSR count). The highest BCUT2D eigenvalue weighted by molar-refractivity contribution is 6.30. The summed E-state index contributed by atoms with van der Waals surface area (Å²) in [5.74, 6) is 0.583. The van der Waals surface area contributed by atoms with Gasteiger partial charge in [-0.2, -0.15) is 5.10 Å². The molecular formula is C16H19ClN4O. The third-order valence-corrected chi connectivity index (χ3v) is 4.25. The van der Waals surface area contributed by atoms with Crippen molar-refractivity contribution in [2.24, 2.45) is 5.92 Å². The van der Waals surface area contributed by atoms with Crippen molar-refractivity contribution in [1.82, 2.24) is 14.7 Å². The minimum atomic E-state index is -0.0418. The number of halogens is 1. The quantitative estimate of drug-likeness (QED) is 0.942. The lowest BCUT2D eigenvalue weighted by atomic mass is 9.97. The minimum absolute atomic E-state index is 0.0418. The highest BCUT2D eigenvalue weighted by Crippen LogP contribution is 2.20. The fourth-order valence-corrected chi connectivity index (χ4v) is 2.85. The number of urea groups is 1. The third-order valence-electron chi connectivity index (χ3n) is 4.00. The molecule has 1 fully saturated rings. The number of hydrogen-bond acceptors (Lipinski definition) is 2. The molecule has 2 amide bonds. The average molecular weight is 319 g/mol. The second kappa shape index (κ2) is 6.83. The number of likely N-dealkylation sites (tertiary alicyclic amines) is 1. The van der Waals surface area contributed by atoms with Crippen molar-refractivity contribution >= 4 is 23.3 Å². The van der Waals surface area contributed by atoms with E-state index in [2.05, 4.69) is 10.4 Å². The fraction of sp³-hybridized carbons (Fsp3) is 0.375. The number of amides is 2. The number of nitrogens with one attached hydrogen (secondary N) is 1. The van der Waals surface area contributed by atoms with Gasteiger partial charge < -0.3 is 10.2 Å². The van der Waals surface area contributed by atoms with Crippen LogP contribution in [-0.4, -0.2) is 33.8 Å². The number of carbonyl (C=O) groups is 1. The Labute approximate surface area is 134 Å². The van der Waals surface area contributed by atoms with Crippen LogP contribution in [0.3, 0.4) is 0 Å². The summed E-state index contributed by atoms with van der Waals surface area (Å²) in [6, 6.07) is 9.06. The number of aromatic nitrogens is 2. The van der Waals surface area contributed by atoms with Gasteiger partial charge in [0.25, 0.3) is 0 Å². The fourth-order valence-electron chi connectivity index (χ4n) is 2.73. The number of piperidine rings is 1. The van der Waals surface area contributed by atoms with Crippen LogP contribution in [0, 0.1) is 5.92 Å². The number of nitrogens with zero attached hydrogens (tertiary/aromatic N) is 3. The summed E-state index contributed by atoms with van der Waals surface area (Å²) in [6.45, 7) is 2.50. The van der Waals surface area contributed by atoms with E-state index >= 15 is 0 Å². The van der Waals surface area contributed by atoms with E-state index in [9.17, 15) is 4.79 Å². The molecule has 1 saturated heterocycles. The van der Waals surface area contributed by atoms with Crippen LogP contribution in [-0.2, 0) is 6.54 Å². The van der Waals surface area contributed by atoms with Crippen LogP contribution in [0.2, 0.25) is 5.02 Å². The third kappa shape index (κ3) is 3.80. The molecule has 0 unspecified atom stereocenters. The van der Waals surface area contributed by atoms with E-state index in [-0.39, 0.29) is 6.03 Å². The van der Waals surface area contributed by atoms with Crippen LogP contribution in [0.4, 0.5) is 10.5 Å². The van der Waals surface area contributed by atoms with Crippen LogP contribution >= 0.6 is 11.6 Å². The molecule has 0 aliphatic carbocycles. The number of benzene rings is 1. The standard InChI is InChI=1S/C16H19ClN4O/c17-14-2-4-15(5-3-14)19-16(22)20-10-6-13(7-11-20)12-21-9-1-8-18-21/h1-5,8-9,13H,6-7,10-12H2,(H,19,22). The normalized spacial score (nSPS) is 15.8. The lowest BCUT2D eigenvalue weighted by Crippen LogP contribution is -2.41. The molecule has 1 aromatic carbocycles. The van der Waals surface area contributed by atoms with Crippen molar-refractivity contribution in [1.29, 1.82) is 0 Å². The van der Waals surface area contributed by atoms with Gasteiger partial charge >= 0.3 is 6.03 Å². The van der Waals surface area contributed by atoms with Crippen molar-refractivity contribution in [3.63, 3.8) is 0 Å². The first kappa shape index (κ1) is 14.9. The van der Waals surface area contributed by atoms with Crippen LogP contribution in [0.25, 0.3) is 0 Å². The second-order valence-corrected chi connectivity index (χ2v) is 6.03. The molecule has 2 heterocycles. The molecular weight excluding hydrogens is 300 g/mol. The lowest BCUT2D eigenvalue weighted by molar-refractivity contribution is 0.175. The van der Waals surface area contributed by atoms with E-state index in [0.717, 1.165) is 38.2 Å². The van der Waals surface area contributed by atoms with Gasteiger partial charge in [0, 0.05) is 42.7 Å². The molecule has 5 nitrogen and oxygen atoms in total. The van der Waals surface area contributed by atoms with Gasteiger partial charge in [0.2, 0.25) is 0 Å². The molecule has 0 radical (unpaired) electrons. The zero-order valence-electron chi connectivity index (χ0n) is 12.3. The highest BCUT2D eigenvalue weighted by atomic mass is 35.5. The smallest absolute Gasteiger partial charge is 0.321 e. The van der Waals surface area contributed by atoms with Crippen LogP contribution in [0.1, 0.15) is 12.8 Å². The van der Waals surface area contributed by atoms with Gasteiger partial charge in [0.05, 0.1) is 0 Å². The summed E-state index contributed by atoms with van der Waals surface area (Å²) < 4.78 is 1.97.